The van der Waals surface area contributed by atoms with Gasteiger partial charge >= 0.3 is 0 Å². The SMILES string of the molecule is CC1=NNCCc2ccc(Cl)cc21. The molecule has 0 radical (unpaired) electrons. The largest absolute Gasteiger partial charge is 0.309 e. The van der Waals surface area contributed by atoms with E-state index in [1.54, 1.807) is 0 Å². The molecule has 0 atom stereocenters. The Morgan fingerprint density at radius 1 is 1.46 bits per heavy atom. The Hall–Kier alpha value is -1.02. The number of hydrogen-bond acceptors (Lipinski definition) is 2. The number of hydrazone groups is 1. The van der Waals surface area contributed by atoms with Crippen molar-refractivity contribution in [2.24, 2.45) is 5.10 Å². The van der Waals surface area contributed by atoms with Crippen LogP contribution in [0.4, 0.5) is 0 Å². The van der Waals surface area contributed by atoms with Gasteiger partial charge in [0.25, 0.3) is 0 Å². The van der Waals surface area contributed by atoms with Crippen LogP contribution in [0.3, 0.4) is 0 Å². The number of nitrogens with zero attached hydrogens (tertiary/aromatic N) is 1. The average molecular weight is 195 g/mol. The van der Waals surface area contributed by atoms with Gasteiger partial charge in [0, 0.05) is 17.1 Å². The van der Waals surface area contributed by atoms with Gasteiger partial charge in [-0.15, -0.1) is 0 Å². The molecule has 2 rings (SSSR count). The first-order valence-electron chi connectivity index (χ1n) is 4.33. The lowest BCUT2D eigenvalue weighted by atomic mass is 10.0. The Labute approximate surface area is 82.6 Å². The van der Waals surface area contributed by atoms with Crippen LogP contribution in [-0.4, -0.2) is 12.3 Å². The highest BCUT2D eigenvalue weighted by Gasteiger charge is 2.09. The molecule has 0 fully saturated rings. The molecular weight excluding hydrogens is 184 g/mol. The third-order valence-corrected chi connectivity index (χ3v) is 2.45. The van der Waals surface area contributed by atoms with Crippen LogP contribution in [0.15, 0.2) is 23.3 Å². The minimum absolute atomic E-state index is 0.773. The summed E-state index contributed by atoms with van der Waals surface area (Å²) >= 11 is 5.92. The van der Waals surface area contributed by atoms with E-state index in [1.807, 2.05) is 19.1 Å². The van der Waals surface area contributed by atoms with Gasteiger partial charge in [-0.3, -0.25) is 0 Å². The van der Waals surface area contributed by atoms with Gasteiger partial charge in [-0.05, 0) is 31.0 Å². The molecular formula is C10H11ClN2. The molecule has 0 amide bonds. The van der Waals surface area contributed by atoms with Gasteiger partial charge < -0.3 is 5.43 Å². The molecule has 13 heavy (non-hydrogen) atoms. The summed E-state index contributed by atoms with van der Waals surface area (Å²) in [5.41, 5.74) is 6.50. The second kappa shape index (κ2) is 3.38. The maximum atomic E-state index is 5.92. The second-order valence-corrected chi connectivity index (χ2v) is 3.59. The summed E-state index contributed by atoms with van der Waals surface area (Å²) in [6.45, 7) is 2.89. The molecule has 1 aliphatic rings. The Balaban J connectivity index is 2.54. The third kappa shape index (κ3) is 1.68. The molecule has 0 spiro atoms. The van der Waals surface area contributed by atoms with Gasteiger partial charge in [0.05, 0.1) is 5.71 Å². The summed E-state index contributed by atoms with van der Waals surface area (Å²) in [5, 5.41) is 4.99. The summed E-state index contributed by atoms with van der Waals surface area (Å²) in [5.74, 6) is 0. The monoisotopic (exact) mass is 194 g/mol. The van der Waals surface area contributed by atoms with E-state index in [0.29, 0.717) is 0 Å². The fourth-order valence-electron chi connectivity index (χ4n) is 1.53. The first-order valence-corrected chi connectivity index (χ1v) is 4.71. The normalized spacial score (nSPS) is 15.4. The average Bonchev–Trinajstić information content (AvgIpc) is 2.29. The second-order valence-electron chi connectivity index (χ2n) is 3.16. The minimum Gasteiger partial charge on any atom is -0.309 e. The maximum Gasteiger partial charge on any atom is 0.0647 e. The Bertz CT molecular complexity index is 358. The van der Waals surface area contributed by atoms with Gasteiger partial charge in [0.15, 0.2) is 0 Å². The van der Waals surface area contributed by atoms with Crippen LogP contribution in [0.2, 0.25) is 5.02 Å². The Kier molecular flexibility index (Phi) is 2.23. The molecule has 2 nitrogen and oxygen atoms in total. The van der Waals surface area contributed by atoms with Gasteiger partial charge in [-0.1, -0.05) is 17.7 Å². The predicted octanol–water partition coefficient (Wildman–Crippen LogP) is 2.21. The Morgan fingerprint density at radius 2 is 2.31 bits per heavy atom. The highest BCUT2D eigenvalue weighted by Crippen LogP contribution is 2.18. The van der Waals surface area contributed by atoms with Crippen molar-refractivity contribution in [3.05, 3.63) is 34.3 Å². The zero-order valence-corrected chi connectivity index (χ0v) is 8.23. The maximum absolute atomic E-state index is 5.92. The van der Waals surface area contributed by atoms with Gasteiger partial charge in [-0.25, -0.2) is 0 Å². The van der Waals surface area contributed by atoms with Crippen LogP contribution in [0.5, 0.6) is 0 Å². The van der Waals surface area contributed by atoms with Crippen LogP contribution >= 0.6 is 11.6 Å². The quantitative estimate of drug-likeness (QED) is 0.673. The summed E-state index contributed by atoms with van der Waals surface area (Å²) in [6.07, 6.45) is 1.01. The summed E-state index contributed by atoms with van der Waals surface area (Å²) in [6, 6.07) is 5.98. The topological polar surface area (TPSA) is 24.4 Å². The van der Waals surface area contributed by atoms with E-state index in [9.17, 15) is 0 Å². The van der Waals surface area contributed by atoms with E-state index < -0.39 is 0 Å². The van der Waals surface area contributed by atoms with E-state index in [0.717, 1.165) is 29.3 Å². The highest BCUT2D eigenvalue weighted by atomic mass is 35.5. The van der Waals surface area contributed by atoms with Crippen molar-refractivity contribution in [2.45, 2.75) is 13.3 Å². The highest BCUT2D eigenvalue weighted by molar-refractivity contribution is 6.31. The van der Waals surface area contributed by atoms with Crippen molar-refractivity contribution in [1.82, 2.24) is 5.43 Å². The fourth-order valence-corrected chi connectivity index (χ4v) is 1.70. The molecule has 0 unspecified atom stereocenters. The molecule has 0 aliphatic carbocycles. The molecule has 1 heterocycles. The van der Waals surface area contributed by atoms with Crippen molar-refractivity contribution < 1.29 is 0 Å². The van der Waals surface area contributed by atoms with Crippen molar-refractivity contribution in [2.75, 3.05) is 6.54 Å². The predicted molar refractivity (Wildman–Crippen MR) is 55.4 cm³/mol. The van der Waals surface area contributed by atoms with Crippen molar-refractivity contribution in [3.8, 4) is 0 Å². The molecule has 68 valence electrons. The fraction of sp³-hybridized carbons (Fsp3) is 0.300. The van der Waals surface area contributed by atoms with E-state index in [1.165, 1.54) is 5.56 Å². The standard InChI is InChI=1S/C10H11ClN2/c1-7-10-6-9(11)3-2-8(10)4-5-12-13-7/h2-3,6,12H,4-5H2,1H3. The molecule has 1 aromatic carbocycles. The first-order chi connectivity index (χ1) is 6.27. The van der Waals surface area contributed by atoms with E-state index >= 15 is 0 Å². The molecule has 1 aromatic rings. The van der Waals surface area contributed by atoms with Crippen LogP contribution < -0.4 is 5.43 Å². The number of halogens is 1. The molecule has 3 heteroatoms. The number of fused-ring (bicyclic) bond motifs is 1. The zero-order valence-electron chi connectivity index (χ0n) is 7.47. The lowest BCUT2D eigenvalue weighted by Gasteiger charge is -2.04. The first kappa shape index (κ1) is 8.57. The van der Waals surface area contributed by atoms with Crippen LogP contribution in [0.25, 0.3) is 0 Å². The third-order valence-electron chi connectivity index (χ3n) is 2.21. The van der Waals surface area contributed by atoms with Gasteiger partial charge in [0.1, 0.15) is 0 Å². The molecule has 0 saturated heterocycles. The van der Waals surface area contributed by atoms with E-state index in [4.69, 9.17) is 11.6 Å². The van der Waals surface area contributed by atoms with Crippen molar-refractivity contribution >= 4 is 17.3 Å². The number of rotatable bonds is 0. The number of benzene rings is 1. The zero-order chi connectivity index (χ0) is 9.26. The number of hydrogen-bond donors (Lipinski definition) is 1. The van der Waals surface area contributed by atoms with E-state index in [-0.39, 0.29) is 0 Å². The molecule has 0 saturated carbocycles. The molecule has 0 aromatic heterocycles. The minimum atomic E-state index is 0.773. The number of nitrogens with one attached hydrogen (secondary N) is 1. The van der Waals surface area contributed by atoms with Crippen LogP contribution in [0, 0.1) is 0 Å². The summed E-state index contributed by atoms with van der Waals surface area (Å²) in [4.78, 5) is 0. The van der Waals surface area contributed by atoms with E-state index in [2.05, 4.69) is 16.6 Å². The van der Waals surface area contributed by atoms with Gasteiger partial charge in [0.2, 0.25) is 0 Å². The van der Waals surface area contributed by atoms with Gasteiger partial charge in [-0.2, -0.15) is 5.10 Å². The smallest absolute Gasteiger partial charge is 0.0647 e. The summed E-state index contributed by atoms with van der Waals surface area (Å²) < 4.78 is 0. The van der Waals surface area contributed by atoms with Crippen LogP contribution in [0.1, 0.15) is 18.1 Å². The van der Waals surface area contributed by atoms with Crippen LogP contribution in [-0.2, 0) is 6.42 Å². The van der Waals surface area contributed by atoms with Crippen molar-refractivity contribution in [3.63, 3.8) is 0 Å². The Morgan fingerprint density at radius 3 is 3.15 bits per heavy atom. The molecule has 0 bridgehead atoms. The molecule has 1 aliphatic heterocycles. The lowest BCUT2D eigenvalue weighted by Crippen LogP contribution is -2.07. The lowest BCUT2D eigenvalue weighted by molar-refractivity contribution is 0.740. The molecule has 1 N–H and O–H groups in total. The summed E-state index contributed by atoms with van der Waals surface area (Å²) in [7, 11) is 0. The van der Waals surface area contributed by atoms with Crippen molar-refractivity contribution in [1.29, 1.82) is 0 Å².